The zero-order valence-corrected chi connectivity index (χ0v) is 8.44. The Morgan fingerprint density at radius 3 is 3.21 bits per heavy atom. The van der Waals surface area contributed by atoms with Gasteiger partial charge in [0.05, 0.1) is 10.6 Å². The summed E-state index contributed by atoms with van der Waals surface area (Å²) in [7, 11) is 0. The van der Waals surface area contributed by atoms with Crippen LogP contribution in [-0.4, -0.2) is 18.3 Å². The smallest absolute Gasteiger partial charge is 0.262 e. The first-order valence-electron chi connectivity index (χ1n) is 4.30. The Kier molecular flexibility index (Phi) is 2.25. The maximum Gasteiger partial charge on any atom is 0.262 e. The van der Waals surface area contributed by atoms with Gasteiger partial charge < -0.3 is 10.1 Å². The van der Waals surface area contributed by atoms with Crippen molar-refractivity contribution >= 4 is 28.7 Å². The molecule has 0 atom stereocenters. The first-order chi connectivity index (χ1) is 6.70. The summed E-state index contributed by atoms with van der Waals surface area (Å²) in [6, 6.07) is 1.67. The van der Waals surface area contributed by atoms with Crippen LogP contribution in [0.5, 0.6) is 5.06 Å². The molecule has 1 aliphatic rings. The van der Waals surface area contributed by atoms with E-state index >= 15 is 0 Å². The molecule has 0 unspecified atom stereocenters. The van der Waals surface area contributed by atoms with Gasteiger partial charge in [0.2, 0.25) is 0 Å². The van der Waals surface area contributed by atoms with E-state index in [9.17, 15) is 9.59 Å². The van der Waals surface area contributed by atoms with E-state index in [0.717, 1.165) is 0 Å². The molecule has 4 nitrogen and oxygen atoms in total. The molecule has 74 valence electrons. The van der Waals surface area contributed by atoms with Crippen LogP contribution < -0.4 is 10.1 Å². The first kappa shape index (κ1) is 9.21. The minimum absolute atomic E-state index is 0.0350. The number of fused-ring (bicyclic) bond motifs is 1. The molecule has 1 amide bonds. The Morgan fingerprint density at radius 1 is 1.71 bits per heavy atom. The van der Waals surface area contributed by atoms with Crippen molar-refractivity contribution in [2.45, 2.75) is 13.3 Å². The molecule has 0 aromatic carbocycles. The Labute approximate surface area is 84.9 Å². The molecule has 0 aliphatic carbocycles. The lowest BCUT2D eigenvalue weighted by Gasteiger charge is -2.12. The number of thiophene rings is 1. The molecule has 1 aromatic heterocycles. The zero-order valence-electron chi connectivity index (χ0n) is 7.62. The Bertz CT molecular complexity index is 397. The van der Waals surface area contributed by atoms with E-state index in [0.29, 0.717) is 22.0 Å². The highest BCUT2D eigenvalue weighted by molar-refractivity contribution is 7.16. The molecular weight excluding hydrogens is 202 g/mol. The fraction of sp³-hybridized carbons (Fsp3) is 0.333. The maximum atomic E-state index is 11.4. The zero-order chi connectivity index (χ0) is 10.1. The van der Waals surface area contributed by atoms with Gasteiger partial charge in [-0.15, -0.1) is 0 Å². The number of nitrogens with one attached hydrogen (secondary N) is 1. The van der Waals surface area contributed by atoms with Crippen LogP contribution in [0.15, 0.2) is 6.07 Å². The summed E-state index contributed by atoms with van der Waals surface area (Å²) in [4.78, 5) is 23.0. The normalized spacial score (nSPS) is 14.2. The number of anilines is 1. The number of hydrogen-bond donors (Lipinski definition) is 1. The molecule has 0 saturated carbocycles. The number of carbonyl (C=O) groups excluding carboxylic acids is 2. The van der Waals surface area contributed by atoms with Crippen molar-refractivity contribution in [3.05, 3.63) is 10.9 Å². The number of Topliss-reactive ketones (excluding diaryl/α,β-unsaturated/α-hetero) is 1. The third-order valence-corrected chi connectivity index (χ3v) is 2.99. The number of rotatable bonds is 2. The van der Waals surface area contributed by atoms with Crippen molar-refractivity contribution in [1.82, 2.24) is 0 Å². The number of carbonyl (C=O) groups is 2. The number of ketones is 1. The van der Waals surface area contributed by atoms with E-state index in [-0.39, 0.29) is 18.3 Å². The molecule has 14 heavy (non-hydrogen) atoms. The van der Waals surface area contributed by atoms with Gasteiger partial charge in [-0.05, 0) is 6.07 Å². The summed E-state index contributed by atoms with van der Waals surface area (Å²) < 4.78 is 5.17. The molecule has 1 N–H and O–H groups in total. The second-order valence-electron chi connectivity index (χ2n) is 2.93. The van der Waals surface area contributed by atoms with E-state index in [1.807, 2.05) is 0 Å². The van der Waals surface area contributed by atoms with Gasteiger partial charge in [0.25, 0.3) is 5.91 Å². The van der Waals surface area contributed by atoms with Crippen molar-refractivity contribution in [1.29, 1.82) is 0 Å². The van der Waals surface area contributed by atoms with Crippen LogP contribution in [0.2, 0.25) is 0 Å². The average molecular weight is 211 g/mol. The topological polar surface area (TPSA) is 55.4 Å². The van der Waals surface area contributed by atoms with Gasteiger partial charge >= 0.3 is 0 Å². The Balaban J connectivity index is 2.32. The van der Waals surface area contributed by atoms with Crippen LogP contribution in [0.4, 0.5) is 5.69 Å². The van der Waals surface area contributed by atoms with Gasteiger partial charge in [0.15, 0.2) is 17.5 Å². The molecule has 1 aromatic rings. The van der Waals surface area contributed by atoms with Crippen molar-refractivity contribution in [2.24, 2.45) is 0 Å². The summed E-state index contributed by atoms with van der Waals surface area (Å²) in [5, 5.41) is 3.28. The first-order valence-corrected chi connectivity index (χ1v) is 5.12. The summed E-state index contributed by atoms with van der Waals surface area (Å²) in [5.41, 5.74) is 0.614. The maximum absolute atomic E-state index is 11.4. The van der Waals surface area contributed by atoms with Crippen LogP contribution in [0.1, 0.15) is 23.0 Å². The average Bonchev–Trinajstić information content (AvgIpc) is 2.59. The molecule has 2 heterocycles. The molecule has 0 spiro atoms. The lowest BCUT2D eigenvalue weighted by atomic mass is 10.2. The highest BCUT2D eigenvalue weighted by Gasteiger charge is 2.21. The predicted molar refractivity (Wildman–Crippen MR) is 53.1 cm³/mol. The van der Waals surface area contributed by atoms with E-state index in [4.69, 9.17) is 4.74 Å². The number of hydrogen-bond acceptors (Lipinski definition) is 4. The van der Waals surface area contributed by atoms with Gasteiger partial charge in [0.1, 0.15) is 0 Å². The molecule has 2 rings (SSSR count). The van der Waals surface area contributed by atoms with Gasteiger partial charge in [-0.3, -0.25) is 9.59 Å². The van der Waals surface area contributed by atoms with Crippen molar-refractivity contribution in [3.63, 3.8) is 0 Å². The quantitative estimate of drug-likeness (QED) is 0.757. The standard InChI is InChI=1S/C9H9NO3S/c1-2-6(11)7-3-5-9(14-7)13-4-8(12)10-5/h3H,2,4H2,1H3,(H,10,12). The van der Waals surface area contributed by atoms with Crippen molar-refractivity contribution < 1.29 is 14.3 Å². The lowest BCUT2D eigenvalue weighted by molar-refractivity contribution is -0.118. The number of amides is 1. The molecule has 0 fully saturated rings. The summed E-state index contributed by atoms with van der Waals surface area (Å²) >= 11 is 1.28. The molecule has 0 bridgehead atoms. The van der Waals surface area contributed by atoms with E-state index in [1.165, 1.54) is 11.3 Å². The van der Waals surface area contributed by atoms with Crippen LogP contribution in [0.25, 0.3) is 0 Å². The summed E-state index contributed by atoms with van der Waals surface area (Å²) in [5.74, 6) is -0.104. The SMILES string of the molecule is CCC(=O)c1cc2c(s1)OCC(=O)N2. The monoisotopic (exact) mass is 211 g/mol. The fourth-order valence-corrected chi connectivity index (χ4v) is 2.17. The lowest BCUT2D eigenvalue weighted by Crippen LogP contribution is -2.24. The highest BCUT2D eigenvalue weighted by Crippen LogP contribution is 2.37. The second kappa shape index (κ2) is 3.42. The number of ether oxygens (including phenoxy) is 1. The van der Waals surface area contributed by atoms with E-state index in [1.54, 1.807) is 13.0 Å². The van der Waals surface area contributed by atoms with Crippen LogP contribution >= 0.6 is 11.3 Å². The molecule has 0 radical (unpaired) electrons. The van der Waals surface area contributed by atoms with Crippen LogP contribution in [-0.2, 0) is 4.79 Å². The van der Waals surface area contributed by atoms with Gasteiger partial charge in [-0.2, -0.15) is 0 Å². The van der Waals surface area contributed by atoms with Gasteiger partial charge in [-0.25, -0.2) is 0 Å². The van der Waals surface area contributed by atoms with Crippen LogP contribution in [0, 0.1) is 0 Å². The van der Waals surface area contributed by atoms with Crippen LogP contribution in [0.3, 0.4) is 0 Å². The summed E-state index contributed by atoms with van der Waals surface area (Å²) in [6.45, 7) is 1.84. The summed E-state index contributed by atoms with van der Waals surface area (Å²) in [6.07, 6.45) is 0.466. The molecule has 5 heteroatoms. The molecular formula is C9H9NO3S. The van der Waals surface area contributed by atoms with Crippen molar-refractivity contribution in [3.8, 4) is 5.06 Å². The Hall–Kier alpha value is -1.36. The van der Waals surface area contributed by atoms with Gasteiger partial charge in [0, 0.05) is 6.42 Å². The minimum Gasteiger partial charge on any atom is -0.472 e. The minimum atomic E-state index is -0.175. The Morgan fingerprint density at radius 2 is 2.50 bits per heavy atom. The van der Waals surface area contributed by atoms with Crippen molar-refractivity contribution in [2.75, 3.05) is 11.9 Å². The van der Waals surface area contributed by atoms with E-state index in [2.05, 4.69) is 5.32 Å². The fourth-order valence-electron chi connectivity index (χ4n) is 1.20. The van der Waals surface area contributed by atoms with E-state index < -0.39 is 0 Å². The second-order valence-corrected chi connectivity index (χ2v) is 3.94. The predicted octanol–water partition coefficient (Wildman–Crippen LogP) is 1.67. The highest BCUT2D eigenvalue weighted by atomic mass is 32.1. The van der Waals surface area contributed by atoms with Gasteiger partial charge in [-0.1, -0.05) is 18.3 Å². The largest absolute Gasteiger partial charge is 0.472 e. The third kappa shape index (κ3) is 1.50. The third-order valence-electron chi connectivity index (χ3n) is 1.90. The molecule has 0 saturated heterocycles. The molecule has 1 aliphatic heterocycles.